The second-order valence-electron chi connectivity index (χ2n) is 6.17. The van der Waals surface area contributed by atoms with Crippen molar-refractivity contribution < 1.29 is 9.53 Å². The van der Waals surface area contributed by atoms with Crippen molar-refractivity contribution >= 4 is 11.7 Å². The number of piperazine rings is 1. The van der Waals surface area contributed by atoms with Crippen molar-refractivity contribution in [3.05, 3.63) is 53.7 Å². The fourth-order valence-electron chi connectivity index (χ4n) is 2.98. The molecular formula is C19H23N3O2. The van der Waals surface area contributed by atoms with Crippen molar-refractivity contribution in [1.29, 1.82) is 0 Å². The van der Waals surface area contributed by atoms with E-state index in [4.69, 9.17) is 4.74 Å². The summed E-state index contributed by atoms with van der Waals surface area (Å²) in [5, 5.41) is 0. The zero-order valence-corrected chi connectivity index (χ0v) is 14.2. The summed E-state index contributed by atoms with van der Waals surface area (Å²) in [6, 6.07) is 11.9. The molecule has 2 aromatic rings. The molecule has 5 heteroatoms. The molecule has 1 saturated heterocycles. The molecule has 1 aliphatic rings. The summed E-state index contributed by atoms with van der Waals surface area (Å²) >= 11 is 0. The number of anilines is 1. The van der Waals surface area contributed by atoms with Gasteiger partial charge in [0.2, 0.25) is 0 Å². The zero-order valence-electron chi connectivity index (χ0n) is 14.2. The van der Waals surface area contributed by atoms with E-state index in [2.05, 4.69) is 16.0 Å². The van der Waals surface area contributed by atoms with E-state index in [1.54, 1.807) is 6.20 Å². The molecule has 0 aliphatic carbocycles. The quantitative estimate of drug-likeness (QED) is 0.866. The summed E-state index contributed by atoms with van der Waals surface area (Å²) in [5.41, 5.74) is 2.28. The van der Waals surface area contributed by atoms with Crippen LogP contribution in [0.25, 0.3) is 0 Å². The van der Waals surface area contributed by atoms with E-state index >= 15 is 0 Å². The second-order valence-corrected chi connectivity index (χ2v) is 6.17. The minimum atomic E-state index is 0.0369. The lowest BCUT2D eigenvalue weighted by Crippen LogP contribution is -2.50. The van der Waals surface area contributed by atoms with E-state index in [0.717, 1.165) is 35.8 Å². The molecule has 0 bridgehead atoms. The van der Waals surface area contributed by atoms with Gasteiger partial charge < -0.3 is 14.5 Å². The Labute approximate surface area is 142 Å². The summed E-state index contributed by atoms with van der Waals surface area (Å²) in [5.74, 6) is 1.76. The van der Waals surface area contributed by atoms with Crippen molar-refractivity contribution in [3.63, 3.8) is 0 Å². The number of nitrogens with zero attached hydrogens (tertiary/aromatic N) is 3. The number of amides is 1. The average molecular weight is 325 g/mol. The van der Waals surface area contributed by atoms with Crippen molar-refractivity contribution in [2.75, 3.05) is 37.7 Å². The van der Waals surface area contributed by atoms with Crippen LogP contribution in [0.15, 0.2) is 42.6 Å². The molecule has 3 rings (SSSR count). The van der Waals surface area contributed by atoms with E-state index in [9.17, 15) is 4.79 Å². The van der Waals surface area contributed by atoms with Crippen LogP contribution in [-0.2, 0) is 4.79 Å². The van der Waals surface area contributed by atoms with Gasteiger partial charge in [-0.05, 0) is 49.2 Å². The normalized spacial score (nSPS) is 14.6. The van der Waals surface area contributed by atoms with Gasteiger partial charge in [-0.25, -0.2) is 4.98 Å². The minimum absolute atomic E-state index is 0.0369. The third-order valence-electron chi connectivity index (χ3n) is 4.16. The van der Waals surface area contributed by atoms with Crippen LogP contribution in [0.1, 0.15) is 11.1 Å². The molecule has 0 N–H and O–H groups in total. The maximum atomic E-state index is 12.4. The van der Waals surface area contributed by atoms with Gasteiger partial charge in [-0.1, -0.05) is 12.1 Å². The van der Waals surface area contributed by atoms with Crippen molar-refractivity contribution in [2.45, 2.75) is 13.8 Å². The molecule has 0 atom stereocenters. The van der Waals surface area contributed by atoms with Crippen LogP contribution in [0.2, 0.25) is 0 Å². The molecule has 0 spiro atoms. The Morgan fingerprint density at radius 2 is 1.79 bits per heavy atom. The Morgan fingerprint density at radius 1 is 1.08 bits per heavy atom. The summed E-state index contributed by atoms with van der Waals surface area (Å²) in [7, 11) is 0. The number of carbonyl (C=O) groups is 1. The maximum Gasteiger partial charge on any atom is 0.260 e. The third kappa shape index (κ3) is 4.04. The lowest BCUT2D eigenvalue weighted by atomic mass is 10.1. The van der Waals surface area contributed by atoms with Crippen LogP contribution < -0.4 is 9.64 Å². The van der Waals surface area contributed by atoms with Gasteiger partial charge in [-0.3, -0.25) is 4.79 Å². The van der Waals surface area contributed by atoms with Gasteiger partial charge in [0, 0.05) is 32.4 Å². The first-order valence-electron chi connectivity index (χ1n) is 8.27. The number of benzene rings is 1. The molecule has 2 heterocycles. The molecule has 5 nitrogen and oxygen atoms in total. The zero-order chi connectivity index (χ0) is 16.9. The predicted octanol–water partition coefficient (Wildman–Crippen LogP) is 2.43. The fraction of sp³-hybridized carbons (Fsp3) is 0.368. The number of carbonyl (C=O) groups excluding carboxylic acids is 1. The first-order valence-corrected chi connectivity index (χ1v) is 8.27. The van der Waals surface area contributed by atoms with E-state index in [0.29, 0.717) is 13.1 Å². The van der Waals surface area contributed by atoms with Crippen LogP contribution in [0.3, 0.4) is 0 Å². The SMILES string of the molecule is Cc1cc(C)cc(OCC(=O)N2CCN(c3ccccn3)CC2)c1. The molecule has 1 aromatic heterocycles. The molecule has 1 fully saturated rings. The number of hydrogen-bond donors (Lipinski definition) is 0. The molecule has 126 valence electrons. The molecule has 1 aliphatic heterocycles. The number of pyridine rings is 1. The van der Waals surface area contributed by atoms with Crippen LogP contribution in [-0.4, -0.2) is 48.6 Å². The highest BCUT2D eigenvalue weighted by molar-refractivity contribution is 5.78. The first-order chi connectivity index (χ1) is 11.6. The minimum Gasteiger partial charge on any atom is -0.484 e. The number of ether oxygens (including phenoxy) is 1. The van der Waals surface area contributed by atoms with Crippen molar-refractivity contribution in [2.24, 2.45) is 0 Å². The van der Waals surface area contributed by atoms with Gasteiger partial charge in [-0.15, -0.1) is 0 Å². The van der Waals surface area contributed by atoms with Crippen LogP contribution in [0.5, 0.6) is 5.75 Å². The Morgan fingerprint density at radius 3 is 2.42 bits per heavy atom. The van der Waals surface area contributed by atoms with Gasteiger partial charge in [0.05, 0.1) is 0 Å². The van der Waals surface area contributed by atoms with Gasteiger partial charge >= 0.3 is 0 Å². The molecule has 1 amide bonds. The highest BCUT2D eigenvalue weighted by atomic mass is 16.5. The maximum absolute atomic E-state index is 12.4. The molecule has 0 radical (unpaired) electrons. The Hall–Kier alpha value is -2.56. The average Bonchev–Trinajstić information content (AvgIpc) is 2.60. The van der Waals surface area contributed by atoms with Crippen molar-refractivity contribution in [3.8, 4) is 5.75 Å². The van der Waals surface area contributed by atoms with Gasteiger partial charge in [-0.2, -0.15) is 0 Å². The lowest BCUT2D eigenvalue weighted by molar-refractivity contribution is -0.133. The highest BCUT2D eigenvalue weighted by Gasteiger charge is 2.22. The summed E-state index contributed by atoms with van der Waals surface area (Å²) in [4.78, 5) is 20.8. The second kappa shape index (κ2) is 7.34. The molecule has 1 aromatic carbocycles. The lowest BCUT2D eigenvalue weighted by Gasteiger charge is -2.35. The smallest absolute Gasteiger partial charge is 0.260 e. The van der Waals surface area contributed by atoms with Gasteiger partial charge in [0.1, 0.15) is 11.6 Å². The summed E-state index contributed by atoms with van der Waals surface area (Å²) in [6.07, 6.45) is 1.80. The van der Waals surface area contributed by atoms with Crippen LogP contribution in [0, 0.1) is 13.8 Å². The Bertz CT molecular complexity index is 675. The molecule has 0 unspecified atom stereocenters. The van der Waals surface area contributed by atoms with Crippen LogP contribution in [0.4, 0.5) is 5.82 Å². The molecule has 0 saturated carbocycles. The van der Waals surface area contributed by atoms with E-state index in [1.165, 1.54) is 0 Å². The number of rotatable bonds is 4. The summed E-state index contributed by atoms with van der Waals surface area (Å²) < 4.78 is 5.68. The summed E-state index contributed by atoms with van der Waals surface area (Å²) in [6.45, 7) is 7.14. The largest absolute Gasteiger partial charge is 0.484 e. The van der Waals surface area contributed by atoms with Crippen molar-refractivity contribution in [1.82, 2.24) is 9.88 Å². The van der Waals surface area contributed by atoms with Gasteiger partial charge in [0.25, 0.3) is 5.91 Å². The van der Waals surface area contributed by atoms with E-state index in [-0.39, 0.29) is 12.5 Å². The van der Waals surface area contributed by atoms with E-state index < -0.39 is 0 Å². The fourth-order valence-corrected chi connectivity index (χ4v) is 2.98. The topological polar surface area (TPSA) is 45.7 Å². The Balaban J connectivity index is 1.50. The standard InChI is InChI=1S/C19H23N3O2/c1-15-11-16(2)13-17(12-15)24-14-19(23)22-9-7-21(8-10-22)18-5-3-4-6-20-18/h3-6,11-13H,7-10,14H2,1-2H3. The predicted molar refractivity (Wildman–Crippen MR) is 94.4 cm³/mol. The highest BCUT2D eigenvalue weighted by Crippen LogP contribution is 2.17. The molecular weight excluding hydrogens is 302 g/mol. The number of hydrogen-bond acceptors (Lipinski definition) is 4. The number of aryl methyl sites for hydroxylation is 2. The molecule has 24 heavy (non-hydrogen) atoms. The van der Waals surface area contributed by atoms with Crippen LogP contribution >= 0.6 is 0 Å². The first kappa shape index (κ1) is 16.3. The third-order valence-corrected chi connectivity index (χ3v) is 4.16. The van der Waals surface area contributed by atoms with E-state index in [1.807, 2.05) is 49.1 Å². The monoisotopic (exact) mass is 325 g/mol. The Kier molecular flexibility index (Phi) is 4.99. The number of aromatic nitrogens is 1. The van der Waals surface area contributed by atoms with Gasteiger partial charge in [0.15, 0.2) is 6.61 Å².